The molecule has 1 unspecified atom stereocenters. The molecular formula is C25H50O4. The van der Waals surface area contributed by atoms with E-state index in [4.69, 9.17) is 14.9 Å². The first-order valence-corrected chi connectivity index (χ1v) is 12.5. The predicted molar refractivity (Wildman–Crippen MR) is 122 cm³/mol. The lowest BCUT2D eigenvalue weighted by Gasteiger charge is -2.08. The van der Waals surface area contributed by atoms with E-state index in [0.29, 0.717) is 6.61 Å². The molecule has 4 heteroatoms. The molecule has 0 rings (SSSR count). The molecule has 0 aromatic carbocycles. The van der Waals surface area contributed by atoms with E-state index >= 15 is 0 Å². The maximum Gasteiger partial charge on any atom is 0.337 e. The molecular weight excluding hydrogens is 364 g/mol. The van der Waals surface area contributed by atoms with Crippen molar-refractivity contribution in [2.75, 3.05) is 13.2 Å². The molecule has 0 saturated carbocycles. The second kappa shape index (κ2) is 22.1. The van der Waals surface area contributed by atoms with Crippen molar-refractivity contribution in [1.82, 2.24) is 0 Å². The summed E-state index contributed by atoms with van der Waals surface area (Å²) in [5.41, 5.74) is 0. The number of esters is 1. The minimum atomic E-state index is -1.39. The summed E-state index contributed by atoms with van der Waals surface area (Å²) >= 11 is 0. The van der Waals surface area contributed by atoms with Gasteiger partial charge < -0.3 is 14.9 Å². The number of unbranched alkanes of at least 4 members (excludes halogenated alkanes) is 16. The third-order valence-corrected chi connectivity index (χ3v) is 5.62. The predicted octanol–water partition coefficient (Wildman–Crippen LogP) is 6.56. The summed E-state index contributed by atoms with van der Waals surface area (Å²) in [6.45, 7) is 4.41. The van der Waals surface area contributed by atoms with Crippen LogP contribution in [0.15, 0.2) is 0 Å². The third kappa shape index (κ3) is 21.9. The van der Waals surface area contributed by atoms with E-state index in [-0.39, 0.29) is 0 Å². The van der Waals surface area contributed by atoms with Gasteiger partial charge in [-0.3, -0.25) is 0 Å². The van der Waals surface area contributed by atoms with Crippen molar-refractivity contribution < 1.29 is 19.7 Å². The molecule has 0 fully saturated rings. The zero-order valence-electron chi connectivity index (χ0n) is 19.5. The molecule has 4 nitrogen and oxygen atoms in total. The fourth-order valence-corrected chi connectivity index (χ4v) is 3.65. The van der Waals surface area contributed by atoms with Crippen LogP contribution in [0.1, 0.15) is 129 Å². The Morgan fingerprint density at radius 3 is 1.34 bits per heavy atom. The molecule has 0 spiro atoms. The highest BCUT2D eigenvalue weighted by molar-refractivity contribution is 5.74. The molecule has 1 atom stereocenters. The van der Waals surface area contributed by atoms with Crippen molar-refractivity contribution in [3.63, 3.8) is 0 Å². The molecule has 29 heavy (non-hydrogen) atoms. The number of ether oxygens (including phenoxy) is 1. The van der Waals surface area contributed by atoms with Gasteiger partial charge in [0, 0.05) is 0 Å². The SMILES string of the molecule is CC(C)CCCCCCCCCCCCCCCCCCCOC(=O)C(O)CO. The standard InChI is InChI=1S/C25H50O4/c1-23(2)20-18-16-14-12-10-8-6-4-3-5-7-9-11-13-15-17-19-21-29-25(28)24(27)22-26/h23-24,26-27H,3-22H2,1-2H3. The number of carbonyl (C=O) groups is 1. The maximum absolute atomic E-state index is 11.1. The average molecular weight is 415 g/mol. The Hall–Kier alpha value is -0.610. The number of aliphatic hydroxyl groups excluding tert-OH is 2. The molecule has 0 amide bonds. The summed E-state index contributed by atoms with van der Waals surface area (Å²) < 4.78 is 4.88. The van der Waals surface area contributed by atoms with Crippen molar-refractivity contribution in [3.05, 3.63) is 0 Å². The number of hydrogen-bond acceptors (Lipinski definition) is 4. The first-order chi connectivity index (χ1) is 14.1. The molecule has 0 aromatic heterocycles. The number of aliphatic hydroxyl groups is 2. The van der Waals surface area contributed by atoms with Crippen LogP contribution in [-0.4, -0.2) is 35.5 Å². The highest BCUT2D eigenvalue weighted by Gasteiger charge is 2.14. The third-order valence-electron chi connectivity index (χ3n) is 5.62. The first kappa shape index (κ1) is 28.4. The van der Waals surface area contributed by atoms with E-state index in [1.807, 2.05) is 0 Å². The maximum atomic E-state index is 11.1. The molecule has 0 radical (unpaired) electrons. The quantitative estimate of drug-likeness (QED) is 0.155. The van der Waals surface area contributed by atoms with E-state index in [0.717, 1.165) is 18.8 Å². The Labute approximate surface area is 180 Å². The summed E-state index contributed by atoms with van der Waals surface area (Å²) in [5, 5.41) is 17.7. The molecule has 0 heterocycles. The second-order valence-electron chi connectivity index (χ2n) is 9.06. The lowest BCUT2D eigenvalue weighted by atomic mass is 10.0. The van der Waals surface area contributed by atoms with E-state index in [9.17, 15) is 4.79 Å². The minimum Gasteiger partial charge on any atom is -0.464 e. The fraction of sp³-hybridized carbons (Fsp3) is 0.960. The van der Waals surface area contributed by atoms with Crippen molar-refractivity contribution in [1.29, 1.82) is 0 Å². The molecule has 0 aliphatic rings. The summed E-state index contributed by atoms with van der Waals surface area (Å²) in [6, 6.07) is 0. The van der Waals surface area contributed by atoms with Gasteiger partial charge in [0.15, 0.2) is 6.10 Å². The van der Waals surface area contributed by atoms with Gasteiger partial charge in [-0.15, -0.1) is 0 Å². The van der Waals surface area contributed by atoms with Crippen molar-refractivity contribution >= 4 is 5.97 Å². The molecule has 2 N–H and O–H groups in total. The highest BCUT2D eigenvalue weighted by Crippen LogP contribution is 2.15. The monoisotopic (exact) mass is 414 g/mol. The zero-order chi connectivity index (χ0) is 21.6. The molecule has 0 bridgehead atoms. The molecule has 0 aliphatic carbocycles. The summed E-state index contributed by atoms with van der Waals surface area (Å²) in [4.78, 5) is 11.1. The topological polar surface area (TPSA) is 66.8 Å². The fourth-order valence-electron chi connectivity index (χ4n) is 3.65. The summed E-state index contributed by atoms with van der Waals surface area (Å²) in [6.07, 6.45) is 22.6. The van der Waals surface area contributed by atoms with Gasteiger partial charge in [0.05, 0.1) is 13.2 Å². The van der Waals surface area contributed by atoms with Crippen LogP contribution < -0.4 is 0 Å². The normalized spacial score (nSPS) is 12.4. The van der Waals surface area contributed by atoms with Gasteiger partial charge >= 0.3 is 5.97 Å². The van der Waals surface area contributed by atoms with E-state index in [2.05, 4.69) is 13.8 Å². The number of rotatable bonds is 22. The molecule has 0 aromatic rings. The van der Waals surface area contributed by atoms with Gasteiger partial charge in [-0.05, 0) is 12.3 Å². The smallest absolute Gasteiger partial charge is 0.337 e. The second-order valence-corrected chi connectivity index (χ2v) is 9.06. The van der Waals surface area contributed by atoms with Crippen LogP contribution in [0, 0.1) is 5.92 Å². The van der Waals surface area contributed by atoms with Crippen LogP contribution in [0.4, 0.5) is 0 Å². The van der Waals surface area contributed by atoms with Crippen LogP contribution in [0.5, 0.6) is 0 Å². The Kier molecular flexibility index (Phi) is 21.6. The van der Waals surface area contributed by atoms with E-state index in [1.165, 1.54) is 103 Å². The molecule has 0 saturated heterocycles. The van der Waals surface area contributed by atoms with Crippen molar-refractivity contribution in [2.45, 2.75) is 136 Å². The van der Waals surface area contributed by atoms with Gasteiger partial charge in [0.1, 0.15) is 0 Å². The lowest BCUT2D eigenvalue weighted by Crippen LogP contribution is -2.26. The van der Waals surface area contributed by atoms with E-state index in [1.54, 1.807) is 0 Å². The Morgan fingerprint density at radius 2 is 1.00 bits per heavy atom. The Bertz CT molecular complexity index is 344. The van der Waals surface area contributed by atoms with Gasteiger partial charge in [0.25, 0.3) is 0 Å². The molecule has 174 valence electrons. The largest absolute Gasteiger partial charge is 0.464 e. The highest BCUT2D eigenvalue weighted by atomic mass is 16.5. The van der Waals surface area contributed by atoms with Crippen LogP contribution >= 0.6 is 0 Å². The van der Waals surface area contributed by atoms with E-state index < -0.39 is 18.7 Å². The van der Waals surface area contributed by atoms with Crippen LogP contribution in [-0.2, 0) is 9.53 Å². The Morgan fingerprint density at radius 1 is 0.655 bits per heavy atom. The van der Waals surface area contributed by atoms with Gasteiger partial charge in [-0.2, -0.15) is 0 Å². The minimum absolute atomic E-state index is 0.341. The number of hydrogen-bond donors (Lipinski definition) is 2. The number of carbonyl (C=O) groups excluding carboxylic acids is 1. The van der Waals surface area contributed by atoms with Crippen molar-refractivity contribution in [2.24, 2.45) is 5.92 Å². The lowest BCUT2D eigenvalue weighted by molar-refractivity contribution is -0.155. The summed E-state index contributed by atoms with van der Waals surface area (Å²) in [7, 11) is 0. The van der Waals surface area contributed by atoms with Crippen LogP contribution in [0.3, 0.4) is 0 Å². The zero-order valence-corrected chi connectivity index (χ0v) is 19.5. The van der Waals surface area contributed by atoms with Gasteiger partial charge in [-0.1, -0.05) is 123 Å². The molecule has 0 aliphatic heterocycles. The first-order valence-electron chi connectivity index (χ1n) is 12.5. The van der Waals surface area contributed by atoms with Crippen molar-refractivity contribution in [3.8, 4) is 0 Å². The summed E-state index contributed by atoms with van der Waals surface area (Å²) in [5.74, 6) is 0.151. The van der Waals surface area contributed by atoms with Gasteiger partial charge in [0.2, 0.25) is 0 Å². The average Bonchev–Trinajstić information content (AvgIpc) is 2.71. The Balaban J connectivity index is 3.09. The van der Waals surface area contributed by atoms with Gasteiger partial charge in [-0.25, -0.2) is 4.79 Å². The van der Waals surface area contributed by atoms with Crippen LogP contribution in [0.25, 0.3) is 0 Å². The van der Waals surface area contributed by atoms with Crippen LogP contribution in [0.2, 0.25) is 0 Å².